The van der Waals surface area contributed by atoms with Crippen LogP contribution in [0.1, 0.15) is 5.56 Å². The zero-order valence-corrected chi connectivity index (χ0v) is 16.7. The van der Waals surface area contributed by atoms with Gasteiger partial charge in [-0.05, 0) is 40.6 Å². The number of methoxy groups -OCH3 is 1. The molecule has 4 rings (SSSR count). The van der Waals surface area contributed by atoms with Crippen LogP contribution in [0.3, 0.4) is 0 Å². The number of hydrogen-bond donors (Lipinski definition) is 0. The Morgan fingerprint density at radius 3 is 2.36 bits per heavy atom. The van der Waals surface area contributed by atoms with E-state index in [1.165, 1.54) is 5.56 Å². The van der Waals surface area contributed by atoms with Gasteiger partial charge < -0.3 is 4.74 Å². The molecule has 0 saturated carbocycles. The van der Waals surface area contributed by atoms with Gasteiger partial charge in [0.25, 0.3) is 0 Å². The van der Waals surface area contributed by atoms with Crippen molar-refractivity contribution in [1.82, 2.24) is 9.21 Å². The summed E-state index contributed by atoms with van der Waals surface area (Å²) in [6.45, 7) is 3.22. The van der Waals surface area contributed by atoms with Crippen LogP contribution >= 0.6 is 0 Å². The molecule has 28 heavy (non-hydrogen) atoms. The average molecular weight is 397 g/mol. The third-order valence-corrected chi connectivity index (χ3v) is 7.12. The molecule has 3 aromatic carbocycles. The first-order valence-corrected chi connectivity index (χ1v) is 10.8. The molecule has 0 aliphatic carbocycles. The molecule has 1 saturated heterocycles. The van der Waals surface area contributed by atoms with Crippen LogP contribution in [0, 0.1) is 0 Å². The molecule has 0 aromatic heterocycles. The standard InChI is InChI=1S/C22H24N2O3S/c1-27-21-8-4-5-18(15-21)17-23-11-13-24(14-12-23)28(25,26)22-10-9-19-6-2-3-7-20(19)16-22/h2-10,15-16H,11-14,17H2,1H3. The molecular weight excluding hydrogens is 372 g/mol. The first-order chi connectivity index (χ1) is 13.6. The molecule has 0 atom stereocenters. The first kappa shape index (κ1) is 18.9. The fourth-order valence-corrected chi connectivity index (χ4v) is 5.09. The van der Waals surface area contributed by atoms with E-state index in [2.05, 4.69) is 11.0 Å². The number of piperazine rings is 1. The van der Waals surface area contributed by atoms with E-state index in [-0.39, 0.29) is 0 Å². The molecule has 1 aliphatic rings. The van der Waals surface area contributed by atoms with Crippen LogP contribution < -0.4 is 4.74 Å². The maximum absolute atomic E-state index is 13.1. The third kappa shape index (κ3) is 3.90. The third-order valence-electron chi connectivity index (χ3n) is 5.23. The van der Waals surface area contributed by atoms with Crippen molar-refractivity contribution < 1.29 is 13.2 Å². The monoisotopic (exact) mass is 396 g/mol. The van der Waals surface area contributed by atoms with Crippen molar-refractivity contribution in [3.63, 3.8) is 0 Å². The van der Waals surface area contributed by atoms with E-state index in [4.69, 9.17) is 4.74 Å². The minimum absolute atomic E-state index is 0.368. The highest BCUT2D eigenvalue weighted by molar-refractivity contribution is 7.89. The van der Waals surface area contributed by atoms with Gasteiger partial charge >= 0.3 is 0 Å². The lowest BCUT2D eigenvalue weighted by atomic mass is 10.1. The van der Waals surface area contributed by atoms with Gasteiger partial charge in [0, 0.05) is 32.7 Å². The topological polar surface area (TPSA) is 49.9 Å². The van der Waals surface area contributed by atoms with E-state index in [1.54, 1.807) is 23.5 Å². The molecule has 0 bridgehead atoms. The summed E-state index contributed by atoms with van der Waals surface area (Å²) in [6, 6.07) is 21.2. The average Bonchev–Trinajstić information content (AvgIpc) is 2.74. The summed E-state index contributed by atoms with van der Waals surface area (Å²) >= 11 is 0. The van der Waals surface area contributed by atoms with Gasteiger partial charge in [0.2, 0.25) is 10.0 Å². The molecule has 0 amide bonds. The molecule has 0 N–H and O–H groups in total. The van der Waals surface area contributed by atoms with E-state index in [0.29, 0.717) is 31.1 Å². The van der Waals surface area contributed by atoms with Crippen molar-refractivity contribution in [2.24, 2.45) is 0 Å². The largest absolute Gasteiger partial charge is 0.497 e. The predicted molar refractivity (Wildman–Crippen MR) is 111 cm³/mol. The number of rotatable bonds is 5. The summed E-state index contributed by atoms with van der Waals surface area (Å²) in [7, 11) is -1.81. The number of sulfonamides is 1. The van der Waals surface area contributed by atoms with Gasteiger partial charge in [0.15, 0.2) is 0 Å². The maximum Gasteiger partial charge on any atom is 0.243 e. The van der Waals surface area contributed by atoms with Gasteiger partial charge in [-0.15, -0.1) is 0 Å². The van der Waals surface area contributed by atoms with Crippen LogP contribution in [0.25, 0.3) is 10.8 Å². The molecule has 5 nitrogen and oxygen atoms in total. The number of benzene rings is 3. The van der Waals surface area contributed by atoms with E-state index in [1.807, 2.05) is 48.5 Å². The fourth-order valence-electron chi connectivity index (χ4n) is 3.63. The molecule has 1 heterocycles. The second-order valence-electron chi connectivity index (χ2n) is 7.04. The summed E-state index contributed by atoms with van der Waals surface area (Å²) in [4.78, 5) is 2.65. The highest BCUT2D eigenvalue weighted by atomic mass is 32.2. The zero-order chi connectivity index (χ0) is 19.6. The second-order valence-corrected chi connectivity index (χ2v) is 8.98. The minimum atomic E-state index is -3.47. The van der Waals surface area contributed by atoms with Crippen molar-refractivity contribution in [3.8, 4) is 5.75 Å². The number of ether oxygens (including phenoxy) is 1. The van der Waals surface area contributed by atoms with E-state index >= 15 is 0 Å². The SMILES string of the molecule is COc1cccc(CN2CCN(S(=O)(=O)c3ccc4ccccc4c3)CC2)c1. The Kier molecular flexibility index (Phi) is 5.35. The molecular formula is C22H24N2O3S. The van der Waals surface area contributed by atoms with Crippen LogP contribution in [0.15, 0.2) is 71.6 Å². The Morgan fingerprint density at radius 1 is 0.857 bits per heavy atom. The predicted octanol–water partition coefficient (Wildman–Crippen LogP) is 3.35. The second kappa shape index (κ2) is 7.91. The van der Waals surface area contributed by atoms with Crippen molar-refractivity contribution in [1.29, 1.82) is 0 Å². The molecule has 3 aromatic rings. The highest BCUT2D eigenvalue weighted by Crippen LogP contribution is 2.23. The summed E-state index contributed by atoms with van der Waals surface area (Å²) < 4.78 is 33.0. The van der Waals surface area contributed by atoms with Gasteiger partial charge in [0.05, 0.1) is 12.0 Å². The Labute approximate surface area is 166 Å². The Bertz CT molecular complexity index is 1070. The van der Waals surface area contributed by atoms with E-state index in [0.717, 1.165) is 23.1 Å². The summed E-state index contributed by atoms with van der Waals surface area (Å²) in [6.07, 6.45) is 0. The van der Waals surface area contributed by atoms with E-state index < -0.39 is 10.0 Å². The molecule has 1 fully saturated rings. The molecule has 0 radical (unpaired) electrons. The van der Waals surface area contributed by atoms with Crippen LogP contribution in [-0.2, 0) is 16.6 Å². The Balaban J connectivity index is 1.44. The number of hydrogen-bond acceptors (Lipinski definition) is 4. The lowest BCUT2D eigenvalue weighted by Crippen LogP contribution is -2.48. The normalized spacial score (nSPS) is 16.3. The van der Waals surface area contributed by atoms with Crippen molar-refractivity contribution in [2.75, 3.05) is 33.3 Å². The summed E-state index contributed by atoms with van der Waals surface area (Å²) in [5, 5.41) is 1.99. The maximum atomic E-state index is 13.1. The Morgan fingerprint density at radius 2 is 1.61 bits per heavy atom. The number of nitrogens with zero attached hydrogens (tertiary/aromatic N) is 2. The lowest BCUT2D eigenvalue weighted by molar-refractivity contribution is 0.181. The summed E-state index contributed by atoms with van der Waals surface area (Å²) in [5.41, 5.74) is 1.17. The van der Waals surface area contributed by atoms with Gasteiger partial charge in [-0.2, -0.15) is 4.31 Å². The molecule has 1 aliphatic heterocycles. The van der Waals surface area contributed by atoms with Gasteiger partial charge in [0.1, 0.15) is 5.75 Å². The molecule has 0 unspecified atom stereocenters. The quantitative estimate of drug-likeness (QED) is 0.664. The van der Waals surface area contributed by atoms with Crippen molar-refractivity contribution >= 4 is 20.8 Å². The van der Waals surface area contributed by atoms with Crippen LogP contribution in [0.4, 0.5) is 0 Å². The van der Waals surface area contributed by atoms with Crippen molar-refractivity contribution in [2.45, 2.75) is 11.4 Å². The minimum Gasteiger partial charge on any atom is -0.497 e. The van der Waals surface area contributed by atoms with Gasteiger partial charge in [-0.1, -0.05) is 42.5 Å². The van der Waals surface area contributed by atoms with Crippen LogP contribution in [-0.4, -0.2) is 50.9 Å². The van der Waals surface area contributed by atoms with Crippen LogP contribution in [0.5, 0.6) is 5.75 Å². The Hall–Kier alpha value is -2.41. The van der Waals surface area contributed by atoms with Crippen molar-refractivity contribution in [3.05, 3.63) is 72.3 Å². The summed E-state index contributed by atoms with van der Waals surface area (Å²) in [5.74, 6) is 0.843. The molecule has 6 heteroatoms. The highest BCUT2D eigenvalue weighted by Gasteiger charge is 2.28. The van der Waals surface area contributed by atoms with E-state index in [9.17, 15) is 8.42 Å². The fraction of sp³-hybridized carbons (Fsp3) is 0.273. The van der Waals surface area contributed by atoms with Gasteiger partial charge in [-0.25, -0.2) is 8.42 Å². The molecule has 0 spiro atoms. The van der Waals surface area contributed by atoms with Crippen LogP contribution in [0.2, 0.25) is 0 Å². The smallest absolute Gasteiger partial charge is 0.243 e. The first-order valence-electron chi connectivity index (χ1n) is 9.40. The number of fused-ring (bicyclic) bond motifs is 1. The molecule has 146 valence electrons. The zero-order valence-electron chi connectivity index (χ0n) is 15.9. The lowest BCUT2D eigenvalue weighted by Gasteiger charge is -2.34. The van der Waals surface area contributed by atoms with Gasteiger partial charge in [-0.3, -0.25) is 4.90 Å².